The van der Waals surface area contributed by atoms with E-state index in [1.165, 1.54) is 18.1 Å². The Bertz CT molecular complexity index is 1510. The largest absolute Gasteiger partial charge is 0.309 e. The van der Waals surface area contributed by atoms with Gasteiger partial charge in [0.05, 0.1) is 6.20 Å². The van der Waals surface area contributed by atoms with E-state index in [9.17, 15) is 4.39 Å². The predicted molar refractivity (Wildman–Crippen MR) is 143 cm³/mol. The van der Waals surface area contributed by atoms with E-state index in [2.05, 4.69) is 43.3 Å². The number of hydrogen-bond acceptors (Lipinski definition) is 7. The first-order valence-corrected chi connectivity index (χ1v) is 13.1. The molecule has 1 N–H and O–H groups in total. The topological polar surface area (TPSA) is 75.0 Å². The van der Waals surface area contributed by atoms with E-state index < -0.39 is 11.6 Å². The number of hydrogen-bond donors (Lipinski definition) is 1. The van der Waals surface area contributed by atoms with Gasteiger partial charge in [-0.25, -0.2) is 23.7 Å². The summed E-state index contributed by atoms with van der Waals surface area (Å²) >= 11 is 0. The molecule has 2 aliphatic rings. The van der Waals surface area contributed by atoms with Gasteiger partial charge in [-0.3, -0.25) is 9.58 Å². The zero-order valence-corrected chi connectivity index (χ0v) is 22.2. The van der Waals surface area contributed by atoms with E-state index in [1.54, 1.807) is 17.8 Å². The molecule has 1 aromatic carbocycles. The molecule has 3 aromatic heterocycles. The first-order chi connectivity index (χ1) is 18.3. The van der Waals surface area contributed by atoms with Crippen LogP contribution in [0.4, 0.5) is 20.5 Å². The van der Waals surface area contributed by atoms with Gasteiger partial charge in [-0.2, -0.15) is 5.10 Å². The van der Waals surface area contributed by atoms with E-state index in [-0.39, 0.29) is 23.1 Å². The molecule has 1 fully saturated rings. The molecular formula is C28H32F2N8. The highest BCUT2D eigenvalue weighted by Gasteiger charge is 2.29. The highest BCUT2D eigenvalue weighted by molar-refractivity contribution is 5.87. The maximum atomic E-state index is 15.0. The summed E-state index contributed by atoms with van der Waals surface area (Å²) < 4.78 is 31.6. The summed E-state index contributed by atoms with van der Waals surface area (Å²) in [4.78, 5) is 18.3. The molecule has 8 nitrogen and oxygen atoms in total. The zero-order valence-electron chi connectivity index (χ0n) is 22.2. The van der Waals surface area contributed by atoms with Crippen LogP contribution in [-0.4, -0.2) is 67.3 Å². The average molecular weight is 519 g/mol. The fourth-order valence-corrected chi connectivity index (χ4v) is 5.87. The molecule has 198 valence electrons. The molecule has 6 rings (SSSR count). The molecule has 1 saturated heterocycles. The van der Waals surface area contributed by atoms with Crippen LogP contribution in [0.15, 0.2) is 30.5 Å². The van der Waals surface area contributed by atoms with Crippen LogP contribution in [0.25, 0.3) is 22.2 Å². The number of likely N-dealkylation sites (N-methyl/N-ethyl adjacent to an activating group) is 1. The summed E-state index contributed by atoms with van der Waals surface area (Å²) in [5, 5.41) is 8.09. The molecule has 0 amide bonds. The SMILES string of the molecule is CC(C)c1c2cc(-c3nc(Nc4ccc5c(n4)CCN(C4CCN(C)C4)C5)ncc3F)cc(F)c2nn1C. The van der Waals surface area contributed by atoms with Crippen molar-refractivity contribution < 1.29 is 8.78 Å². The van der Waals surface area contributed by atoms with Crippen molar-refractivity contribution in [2.24, 2.45) is 7.05 Å². The number of fused-ring (bicyclic) bond motifs is 2. The van der Waals surface area contributed by atoms with Crippen LogP contribution in [0.2, 0.25) is 0 Å². The molecule has 0 radical (unpaired) electrons. The number of aryl methyl sites for hydroxylation is 1. The average Bonchev–Trinajstić information content (AvgIpc) is 3.47. The third-order valence-corrected chi connectivity index (χ3v) is 7.70. The fraction of sp³-hybridized carbons (Fsp3) is 0.429. The Kier molecular flexibility index (Phi) is 6.31. The van der Waals surface area contributed by atoms with Crippen LogP contribution in [-0.2, 0) is 20.0 Å². The van der Waals surface area contributed by atoms with E-state index in [0.717, 1.165) is 50.2 Å². The lowest BCUT2D eigenvalue weighted by molar-refractivity contribution is 0.179. The molecule has 1 unspecified atom stereocenters. The second kappa shape index (κ2) is 9.67. The third-order valence-electron chi connectivity index (χ3n) is 7.70. The van der Waals surface area contributed by atoms with Crippen molar-refractivity contribution in [2.75, 3.05) is 32.0 Å². The smallest absolute Gasteiger partial charge is 0.229 e. The van der Waals surface area contributed by atoms with Gasteiger partial charge < -0.3 is 10.2 Å². The highest BCUT2D eigenvalue weighted by atomic mass is 19.1. The van der Waals surface area contributed by atoms with Crippen LogP contribution >= 0.6 is 0 Å². The van der Waals surface area contributed by atoms with Crippen molar-refractivity contribution in [3.63, 3.8) is 0 Å². The fourth-order valence-electron chi connectivity index (χ4n) is 5.87. The van der Waals surface area contributed by atoms with Crippen molar-refractivity contribution >= 4 is 22.7 Å². The van der Waals surface area contributed by atoms with E-state index >= 15 is 4.39 Å². The monoisotopic (exact) mass is 518 g/mol. The number of aromatic nitrogens is 5. The summed E-state index contributed by atoms with van der Waals surface area (Å²) in [7, 11) is 3.97. The van der Waals surface area contributed by atoms with Gasteiger partial charge in [-0.15, -0.1) is 0 Å². The standard InChI is InChI=1S/C28H32F2N8/c1-16(2)27-20-11-18(12-21(29)26(20)35-37(27)4)25-22(30)13-31-28(34-25)33-24-6-5-17-14-38(10-8-23(17)32-24)19-7-9-36(3)15-19/h5-6,11-13,16,19H,7-10,14-15H2,1-4H3,(H,31,32,33,34). The minimum atomic E-state index is -0.625. The number of nitrogens with zero attached hydrogens (tertiary/aromatic N) is 7. The Morgan fingerprint density at radius 2 is 1.89 bits per heavy atom. The van der Waals surface area contributed by atoms with Gasteiger partial charge in [0.2, 0.25) is 5.95 Å². The van der Waals surface area contributed by atoms with Gasteiger partial charge in [0.25, 0.3) is 0 Å². The summed E-state index contributed by atoms with van der Waals surface area (Å²) in [5.41, 5.74) is 3.80. The zero-order chi connectivity index (χ0) is 26.6. The molecule has 1 atom stereocenters. The van der Waals surface area contributed by atoms with Crippen molar-refractivity contribution in [3.8, 4) is 11.3 Å². The molecule has 38 heavy (non-hydrogen) atoms. The number of pyridine rings is 1. The Morgan fingerprint density at radius 3 is 2.66 bits per heavy atom. The van der Waals surface area contributed by atoms with Gasteiger partial charge in [-0.1, -0.05) is 19.9 Å². The normalized spacial score (nSPS) is 18.4. The number of anilines is 2. The first kappa shape index (κ1) is 24.8. The molecule has 0 aliphatic carbocycles. The molecule has 4 aromatic rings. The Morgan fingerprint density at radius 1 is 1.05 bits per heavy atom. The van der Waals surface area contributed by atoms with Crippen molar-refractivity contribution in [2.45, 2.75) is 45.2 Å². The van der Waals surface area contributed by atoms with Crippen molar-refractivity contribution in [3.05, 3.63) is 59.0 Å². The second-order valence-corrected chi connectivity index (χ2v) is 10.8. The summed E-state index contributed by atoms with van der Waals surface area (Å²) in [6.45, 7) is 8.19. The lowest BCUT2D eigenvalue weighted by atomic mass is 10.0. The molecule has 5 heterocycles. The molecule has 0 bridgehead atoms. The first-order valence-electron chi connectivity index (χ1n) is 13.1. The van der Waals surface area contributed by atoms with Crippen LogP contribution in [0, 0.1) is 11.6 Å². The van der Waals surface area contributed by atoms with Crippen molar-refractivity contribution in [1.82, 2.24) is 34.5 Å². The molecule has 0 spiro atoms. The van der Waals surface area contributed by atoms with Gasteiger partial charge >= 0.3 is 0 Å². The van der Waals surface area contributed by atoms with E-state index in [0.29, 0.717) is 22.8 Å². The molecule has 2 aliphatic heterocycles. The Balaban J connectivity index is 1.26. The van der Waals surface area contributed by atoms with Gasteiger partial charge in [0, 0.05) is 61.5 Å². The molecule has 10 heteroatoms. The van der Waals surface area contributed by atoms with Crippen LogP contribution < -0.4 is 5.32 Å². The lowest BCUT2D eigenvalue weighted by Crippen LogP contribution is -2.40. The number of halogens is 2. The highest BCUT2D eigenvalue weighted by Crippen LogP contribution is 2.32. The van der Waals surface area contributed by atoms with Crippen LogP contribution in [0.1, 0.15) is 43.1 Å². The van der Waals surface area contributed by atoms with Crippen molar-refractivity contribution in [1.29, 1.82) is 0 Å². The molecular weight excluding hydrogens is 486 g/mol. The predicted octanol–water partition coefficient (Wildman–Crippen LogP) is 4.63. The van der Waals surface area contributed by atoms with Gasteiger partial charge in [0.1, 0.15) is 17.0 Å². The minimum absolute atomic E-state index is 0.0250. The number of likely N-dealkylation sites (tertiary alicyclic amines) is 1. The minimum Gasteiger partial charge on any atom is -0.309 e. The maximum Gasteiger partial charge on any atom is 0.229 e. The number of benzene rings is 1. The molecule has 0 saturated carbocycles. The number of nitrogens with one attached hydrogen (secondary N) is 1. The van der Waals surface area contributed by atoms with E-state index in [1.807, 2.05) is 19.9 Å². The van der Waals surface area contributed by atoms with Crippen LogP contribution in [0.3, 0.4) is 0 Å². The maximum absolute atomic E-state index is 15.0. The number of rotatable bonds is 5. The second-order valence-electron chi connectivity index (χ2n) is 10.8. The summed E-state index contributed by atoms with van der Waals surface area (Å²) in [5.74, 6) is -0.210. The lowest BCUT2D eigenvalue weighted by Gasteiger charge is -2.33. The van der Waals surface area contributed by atoms with Crippen LogP contribution in [0.5, 0.6) is 0 Å². The Labute approximate surface area is 220 Å². The van der Waals surface area contributed by atoms with Gasteiger partial charge in [-0.05, 0) is 49.7 Å². The quantitative estimate of drug-likeness (QED) is 0.413. The van der Waals surface area contributed by atoms with Gasteiger partial charge in [0.15, 0.2) is 11.6 Å². The Hall–Kier alpha value is -3.50. The van der Waals surface area contributed by atoms with E-state index in [4.69, 9.17) is 4.98 Å². The third kappa shape index (κ3) is 4.52. The summed E-state index contributed by atoms with van der Waals surface area (Å²) in [6.07, 6.45) is 3.19. The summed E-state index contributed by atoms with van der Waals surface area (Å²) in [6, 6.07) is 7.63.